The third-order valence-corrected chi connectivity index (χ3v) is 5.65. The van der Waals surface area contributed by atoms with Crippen molar-refractivity contribution in [3.63, 3.8) is 0 Å². The maximum atomic E-state index is 13.6. The van der Waals surface area contributed by atoms with Gasteiger partial charge in [0.1, 0.15) is 5.82 Å². The number of rotatable bonds is 8. The van der Waals surface area contributed by atoms with Gasteiger partial charge in [-0.05, 0) is 45.2 Å². The number of hydrogen-bond donors (Lipinski definition) is 2. The molecule has 4 nitrogen and oxygen atoms in total. The van der Waals surface area contributed by atoms with Crippen LogP contribution in [-0.4, -0.2) is 54.9 Å². The lowest BCUT2D eigenvalue weighted by atomic mass is 10.0. The highest BCUT2D eigenvalue weighted by Crippen LogP contribution is 2.15. The topological polar surface area (TPSA) is 39.7 Å². The third-order valence-electron chi connectivity index (χ3n) is 4.67. The molecule has 0 spiro atoms. The van der Waals surface area contributed by atoms with E-state index < -0.39 is 0 Å². The number of thioether (sulfide) groups is 1. The van der Waals surface area contributed by atoms with Crippen molar-refractivity contribution < 1.29 is 4.39 Å². The Morgan fingerprint density at radius 2 is 2.04 bits per heavy atom. The summed E-state index contributed by atoms with van der Waals surface area (Å²) in [5, 5.41) is 6.91. The summed E-state index contributed by atoms with van der Waals surface area (Å²) in [5.41, 5.74) is 0.767. The average Bonchev–Trinajstić information content (AvgIpc) is 2.63. The molecule has 1 aromatic rings. The molecule has 2 rings (SSSR count). The Morgan fingerprint density at radius 1 is 1.31 bits per heavy atom. The Bertz CT molecular complexity index is 556. The number of aliphatic imine (C=N–C) groups is 1. The molecule has 0 unspecified atom stereocenters. The molecule has 0 saturated carbocycles. The Hall–Kier alpha value is -1.27. The minimum absolute atomic E-state index is 0.119. The Kier molecular flexibility index (Phi) is 9.26. The van der Waals surface area contributed by atoms with Crippen LogP contribution >= 0.6 is 11.8 Å². The number of halogens is 1. The van der Waals surface area contributed by atoms with Crippen LogP contribution in [0.1, 0.15) is 39.2 Å². The van der Waals surface area contributed by atoms with E-state index in [4.69, 9.17) is 0 Å². The van der Waals surface area contributed by atoms with Crippen molar-refractivity contribution in [1.29, 1.82) is 0 Å². The highest BCUT2D eigenvalue weighted by atomic mass is 32.2. The van der Waals surface area contributed by atoms with Gasteiger partial charge in [-0.2, -0.15) is 11.8 Å². The van der Waals surface area contributed by atoms with Crippen molar-refractivity contribution in [2.75, 3.05) is 31.9 Å². The fourth-order valence-electron chi connectivity index (χ4n) is 3.09. The molecule has 26 heavy (non-hydrogen) atoms. The highest BCUT2D eigenvalue weighted by molar-refractivity contribution is 7.98. The fourth-order valence-corrected chi connectivity index (χ4v) is 3.91. The standard InChI is InChI=1S/C20H33FN4S/c1-4-22-20(24-18-9-12-25(13-10-18)16(2)3)23-11-14-26-15-17-7-5-6-8-19(17)21/h5-8,16,18H,4,9-15H2,1-3H3,(H2,22,23,24). The predicted octanol–water partition coefficient (Wildman–Crippen LogP) is 3.49. The zero-order valence-corrected chi connectivity index (χ0v) is 17.1. The van der Waals surface area contributed by atoms with Crippen LogP contribution in [0.4, 0.5) is 4.39 Å². The van der Waals surface area contributed by atoms with E-state index in [1.807, 2.05) is 12.1 Å². The van der Waals surface area contributed by atoms with E-state index in [0.717, 1.165) is 56.3 Å². The SMILES string of the molecule is CCNC(=NCCSCc1ccccc1F)NC1CCN(C(C)C)CC1. The van der Waals surface area contributed by atoms with Gasteiger partial charge in [0.2, 0.25) is 0 Å². The van der Waals surface area contributed by atoms with E-state index >= 15 is 0 Å². The van der Waals surface area contributed by atoms with Crippen LogP contribution in [0.3, 0.4) is 0 Å². The number of nitrogens with zero attached hydrogens (tertiary/aromatic N) is 2. The molecule has 2 N–H and O–H groups in total. The molecule has 0 aromatic heterocycles. The van der Waals surface area contributed by atoms with E-state index in [0.29, 0.717) is 17.8 Å². The summed E-state index contributed by atoms with van der Waals surface area (Å²) in [6, 6.07) is 8.10. The molecule has 6 heteroatoms. The summed E-state index contributed by atoms with van der Waals surface area (Å²) < 4.78 is 13.6. The van der Waals surface area contributed by atoms with Crippen LogP contribution in [0.25, 0.3) is 0 Å². The van der Waals surface area contributed by atoms with Crippen molar-refractivity contribution >= 4 is 17.7 Å². The minimum Gasteiger partial charge on any atom is -0.357 e. The zero-order valence-electron chi connectivity index (χ0n) is 16.3. The van der Waals surface area contributed by atoms with Gasteiger partial charge in [0, 0.05) is 43.2 Å². The maximum Gasteiger partial charge on any atom is 0.191 e. The molecule has 1 fully saturated rings. The Morgan fingerprint density at radius 3 is 2.69 bits per heavy atom. The largest absolute Gasteiger partial charge is 0.357 e. The lowest BCUT2D eigenvalue weighted by Gasteiger charge is -2.35. The van der Waals surface area contributed by atoms with Gasteiger partial charge in [0.25, 0.3) is 0 Å². The van der Waals surface area contributed by atoms with Gasteiger partial charge in [-0.1, -0.05) is 18.2 Å². The second-order valence-electron chi connectivity index (χ2n) is 6.95. The van der Waals surface area contributed by atoms with Gasteiger partial charge in [-0.15, -0.1) is 0 Å². The van der Waals surface area contributed by atoms with Crippen LogP contribution in [0.15, 0.2) is 29.3 Å². The van der Waals surface area contributed by atoms with Crippen molar-refractivity contribution in [2.45, 2.75) is 51.4 Å². The summed E-state index contributed by atoms with van der Waals surface area (Å²) in [7, 11) is 0. The summed E-state index contributed by atoms with van der Waals surface area (Å²) >= 11 is 1.72. The van der Waals surface area contributed by atoms with Crippen LogP contribution < -0.4 is 10.6 Å². The Balaban J connectivity index is 1.72. The van der Waals surface area contributed by atoms with Crippen molar-refractivity contribution in [2.24, 2.45) is 4.99 Å². The number of likely N-dealkylation sites (tertiary alicyclic amines) is 1. The van der Waals surface area contributed by atoms with Crippen LogP contribution in [0.5, 0.6) is 0 Å². The second kappa shape index (κ2) is 11.4. The summed E-state index contributed by atoms with van der Waals surface area (Å²) in [6.45, 7) is 10.5. The van der Waals surface area contributed by atoms with Crippen LogP contribution in [0.2, 0.25) is 0 Å². The molecule has 1 heterocycles. The summed E-state index contributed by atoms with van der Waals surface area (Å²) in [6.07, 6.45) is 2.31. The lowest BCUT2D eigenvalue weighted by Crippen LogP contribution is -2.49. The number of hydrogen-bond acceptors (Lipinski definition) is 3. The molecule has 1 saturated heterocycles. The molecular formula is C20H33FN4S. The number of nitrogens with one attached hydrogen (secondary N) is 2. The van der Waals surface area contributed by atoms with E-state index in [-0.39, 0.29) is 5.82 Å². The molecule has 0 aliphatic carbocycles. The van der Waals surface area contributed by atoms with E-state index in [2.05, 4.69) is 41.3 Å². The van der Waals surface area contributed by atoms with Gasteiger partial charge in [-0.3, -0.25) is 4.99 Å². The normalized spacial score (nSPS) is 16.9. The molecule has 1 aliphatic rings. The predicted molar refractivity (Wildman–Crippen MR) is 111 cm³/mol. The molecule has 0 atom stereocenters. The van der Waals surface area contributed by atoms with Crippen molar-refractivity contribution in [3.05, 3.63) is 35.6 Å². The number of piperidine rings is 1. The van der Waals surface area contributed by atoms with Gasteiger partial charge in [-0.25, -0.2) is 4.39 Å². The first-order valence-corrected chi connectivity index (χ1v) is 10.9. The van der Waals surface area contributed by atoms with Crippen molar-refractivity contribution in [1.82, 2.24) is 15.5 Å². The quantitative estimate of drug-likeness (QED) is 0.411. The van der Waals surface area contributed by atoms with Gasteiger partial charge in [0.05, 0.1) is 6.54 Å². The molecule has 0 bridgehead atoms. The third kappa shape index (κ3) is 7.16. The smallest absolute Gasteiger partial charge is 0.191 e. The lowest BCUT2D eigenvalue weighted by molar-refractivity contribution is 0.167. The van der Waals surface area contributed by atoms with Gasteiger partial charge < -0.3 is 15.5 Å². The molecule has 1 aromatic carbocycles. The van der Waals surface area contributed by atoms with E-state index in [1.54, 1.807) is 17.8 Å². The summed E-state index contributed by atoms with van der Waals surface area (Å²) in [4.78, 5) is 7.21. The number of benzene rings is 1. The monoisotopic (exact) mass is 380 g/mol. The minimum atomic E-state index is -0.119. The molecule has 1 aliphatic heterocycles. The Labute approximate surface area is 162 Å². The summed E-state index contributed by atoms with van der Waals surface area (Å²) in [5.74, 6) is 2.37. The molecule has 0 radical (unpaired) electrons. The van der Waals surface area contributed by atoms with Crippen molar-refractivity contribution in [3.8, 4) is 0 Å². The number of guanidine groups is 1. The van der Waals surface area contributed by atoms with Gasteiger partial charge in [0.15, 0.2) is 5.96 Å². The first-order chi connectivity index (χ1) is 12.6. The fraction of sp³-hybridized carbons (Fsp3) is 0.650. The average molecular weight is 381 g/mol. The zero-order chi connectivity index (χ0) is 18.8. The van der Waals surface area contributed by atoms with E-state index in [9.17, 15) is 4.39 Å². The van der Waals surface area contributed by atoms with Crippen LogP contribution in [-0.2, 0) is 5.75 Å². The molecular weight excluding hydrogens is 347 g/mol. The molecule has 0 amide bonds. The first kappa shape index (κ1) is 21.0. The maximum absolute atomic E-state index is 13.6. The second-order valence-corrected chi connectivity index (χ2v) is 8.06. The first-order valence-electron chi connectivity index (χ1n) is 9.70. The van der Waals surface area contributed by atoms with Crippen LogP contribution in [0, 0.1) is 5.82 Å². The van der Waals surface area contributed by atoms with E-state index in [1.165, 1.54) is 6.07 Å². The highest BCUT2D eigenvalue weighted by Gasteiger charge is 2.21. The molecule has 146 valence electrons. The van der Waals surface area contributed by atoms with Gasteiger partial charge >= 0.3 is 0 Å².